The van der Waals surface area contributed by atoms with Crippen LogP contribution in [0.15, 0.2) is 0 Å². The van der Waals surface area contributed by atoms with Gasteiger partial charge < -0.3 is 19.6 Å². The molecule has 0 radical (unpaired) electrons. The lowest BCUT2D eigenvalue weighted by atomic mass is 10.0. The van der Waals surface area contributed by atoms with Crippen molar-refractivity contribution in [3.63, 3.8) is 0 Å². The molecule has 0 bridgehead atoms. The van der Waals surface area contributed by atoms with E-state index in [2.05, 4.69) is 165 Å². The number of likely N-dealkylation sites (N-methyl/N-ethyl adjacent to an activating group) is 4. The third kappa shape index (κ3) is 23.3. The summed E-state index contributed by atoms with van der Waals surface area (Å²) < 4.78 is 0. The Morgan fingerprint density at radius 2 is 1.05 bits per heavy atom. The van der Waals surface area contributed by atoms with Crippen LogP contribution in [-0.4, -0.2) is 148 Å². The molecule has 2 heterocycles. The van der Waals surface area contributed by atoms with E-state index in [1.165, 1.54) is 51.9 Å². The Bertz CT molecular complexity index is 792. The fourth-order valence-electron chi connectivity index (χ4n) is 4.35. The first-order chi connectivity index (χ1) is 20.2. The quantitative estimate of drug-likeness (QED) is 0.307. The van der Waals surface area contributed by atoms with Crippen LogP contribution in [0.1, 0.15) is 94.9 Å². The first-order valence-corrected chi connectivity index (χ1v) is 17.3. The molecule has 44 heavy (non-hydrogen) atoms. The van der Waals surface area contributed by atoms with Crippen molar-refractivity contribution in [2.45, 2.75) is 125 Å². The fraction of sp³-hybridized carbons (Fsp3) is 0.895. The summed E-state index contributed by atoms with van der Waals surface area (Å²) in [5.74, 6) is 13.5. The molecule has 0 aromatic carbocycles. The summed E-state index contributed by atoms with van der Waals surface area (Å²) in [5.41, 5.74) is 0.00424. The number of hydrogen-bond donors (Lipinski definition) is 0. The van der Waals surface area contributed by atoms with Crippen molar-refractivity contribution in [3.8, 4) is 23.7 Å². The highest BCUT2D eigenvalue weighted by Gasteiger charge is 2.23. The van der Waals surface area contributed by atoms with Crippen molar-refractivity contribution in [2.75, 3.05) is 89.1 Å². The minimum Gasteiger partial charge on any atom is -0.302 e. The number of nitrogens with zero attached hydrogens (tertiary/aromatic N) is 6. The zero-order valence-corrected chi connectivity index (χ0v) is 33.0. The molecule has 0 aromatic heterocycles. The van der Waals surface area contributed by atoms with Crippen molar-refractivity contribution < 1.29 is 0 Å². The lowest BCUT2D eigenvalue weighted by Gasteiger charge is -2.28. The van der Waals surface area contributed by atoms with Gasteiger partial charge in [0.25, 0.3) is 0 Å². The van der Waals surface area contributed by atoms with Gasteiger partial charge in [0.05, 0.1) is 12.1 Å². The average Bonchev–Trinajstić information content (AvgIpc) is 3.50. The van der Waals surface area contributed by atoms with Crippen LogP contribution in [-0.2, 0) is 0 Å². The second-order valence-electron chi connectivity index (χ2n) is 15.2. The van der Waals surface area contributed by atoms with Gasteiger partial charge in [-0.3, -0.25) is 9.80 Å². The first-order valence-electron chi connectivity index (χ1n) is 17.3. The predicted octanol–water partition coefficient (Wildman–Crippen LogP) is 6.04. The van der Waals surface area contributed by atoms with Crippen molar-refractivity contribution in [2.24, 2.45) is 11.8 Å². The zero-order valence-electron chi connectivity index (χ0n) is 33.0. The van der Waals surface area contributed by atoms with Crippen LogP contribution in [0.4, 0.5) is 0 Å². The van der Waals surface area contributed by atoms with Crippen LogP contribution < -0.4 is 0 Å². The van der Waals surface area contributed by atoms with Gasteiger partial charge in [0.1, 0.15) is 0 Å². The third-order valence-electron chi connectivity index (χ3n) is 8.67. The van der Waals surface area contributed by atoms with Gasteiger partial charge in [-0.15, -0.1) is 0 Å². The van der Waals surface area contributed by atoms with Crippen molar-refractivity contribution in [1.29, 1.82) is 0 Å². The Hall–Kier alpha value is -1.12. The van der Waals surface area contributed by atoms with Crippen LogP contribution in [0.3, 0.4) is 0 Å². The van der Waals surface area contributed by atoms with Gasteiger partial charge in [-0.25, -0.2) is 0 Å². The Morgan fingerprint density at radius 1 is 0.659 bits per heavy atom. The summed E-state index contributed by atoms with van der Waals surface area (Å²) in [6.07, 6.45) is 5.53. The summed E-state index contributed by atoms with van der Waals surface area (Å²) >= 11 is 0. The molecule has 0 saturated carbocycles. The molecule has 6 heteroatoms. The zero-order chi connectivity index (χ0) is 34.6. The molecule has 260 valence electrons. The van der Waals surface area contributed by atoms with Crippen LogP contribution >= 0.6 is 0 Å². The van der Waals surface area contributed by atoms with E-state index in [4.69, 9.17) is 0 Å². The summed E-state index contributed by atoms with van der Waals surface area (Å²) in [5, 5.41) is 0. The second kappa shape index (κ2) is 24.1. The number of hydrogen-bond acceptors (Lipinski definition) is 6. The average molecular weight is 619 g/mol. The van der Waals surface area contributed by atoms with E-state index in [1.54, 1.807) is 0 Å². The monoisotopic (exact) mass is 619 g/mol. The Kier molecular flexibility index (Phi) is 24.7. The molecule has 2 aliphatic rings. The smallest absolute Gasteiger partial charge is 0.0763 e. The minimum absolute atomic E-state index is 0.00424. The molecular weight excluding hydrogens is 540 g/mol. The van der Waals surface area contributed by atoms with E-state index in [0.29, 0.717) is 23.9 Å². The normalized spacial score (nSPS) is 19.0. The summed E-state index contributed by atoms with van der Waals surface area (Å²) in [6, 6.07) is 2.97. The standard InChI is InChI=1S/2C10H22N2.C10H19N.C8H15N/c2*1-9(2)12(4)8-10-6-5-7-11(10)3;1-9(2)7-8-10(3,4)11(5)6;1-8(2)6-5-7-9(3)4/h2*9-10H,5-8H2,1-4H3;9H,1-6H3;8H,7H2,1-4H3/t2*10-;;/m10../s1. The molecule has 0 aromatic rings. The largest absolute Gasteiger partial charge is 0.302 e. The van der Waals surface area contributed by atoms with E-state index in [0.717, 1.165) is 18.6 Å². The topological polar surface area (TPSA) is 19.4 Å². The maximum atomic E-state index is 3.23. The lowest BCUT2D eigenvalue weighted by molar-refractivity contribution is 0.192. The van der Waals surface area contributed by atoms with E-state index in [-0.39, 0.29) is 5.54 Å². The van der Waals surface area contributed by atoms with Crippen LogP contribution in [0.2, 0.25) is 0 Å². The maximum Gasteiger partial charge on any atom is 0.0763 e. The van der Waals surface area contributed by atoms with Crippen LogP contribution in [0.25, 0.3) is 0 Å². The highest BCUT2D eigenvalue weighted by atomic mass is 15.2. The maximum absolute atomic E-state index is 3.23. The molecule has 0 N–H and O–H groups in total. The molecule has 6 nitrogen and oxygen atoms in total. The molecule has 2 aliphatic heterocycles. The van der Waals surface area contributed by atoms with Gasteiger partial charge >= 0.3 is 0 Å². The third-order valence-corrected chi connectivity index (χ3v) is 8.67. The van der Waals surface area contributed by atoms with Gasteiger partial charge in [-0.1, -0.05) is 51.4 Å². The predicted molar refractivity (Wildman–Crippen MR) is 198 cm³/mol. The Balaban J connectivity index is 0. The molecule has 2 atom stereocenters. The van der Waals surface area contributed by atoms with E-state index >= 15 is 0 Å². The van der Waals surface area contributed by atoms with Crippen LogP contribution in [0, 0.1) is 35.5 Å². The summed E-state index contributed by atoms with van der Waals surface area (Å²) in [7, 11) is 17.1. The Labute approximate surface area is 278 Å². The molecular formula is C38H78N6. The van der Waals surface area contributed by atoms with Gasteiger partial charge in [-0.05, 0) is 137 Å². The van der Waals surface area contributed by atoms with Crippen molar-refractivity contribution >= 4 is 0 Å². The molecule has 0 unspecified atom stereocenters. The van der Waals surface area contributed by atoms with Crippen molar-refractivity contribution in [3.05, 3.63) is 0 Å². The highest BCUT2D eigenvalue weighted by Crippen LogP contribution is 2.17. The molecule has 0 spiro atoms. The molecule has 0 amide bonds. The van der Waals surface area contributed by atoms with Gasteiger partial charge in [-0.2, -0.15) is 0 Å². The Morgan fingerprint density at radius 3 is 1.30 bits per heavy atom. The van der Waals surface area contributed by atoms with Crippen molar-refractivity contribution in [1.82, 2.24) is 29.4 Å². The number of likely N-dealkylation sites (tertiary alicyclic amines) is 2. The first kappa shape index (κ1) is 45.0. The lowest BCUT2D eigenvalue weighted by Crippen LogP contribution is -2.39. The SMILES string of the molecule is CC(C)C#CC(C)(C)N(C)C.CC(C)C#CCN(C)C.CC(C)N(C)C[C@@H]1CCCN1C.CC(C)N(C)C[C@H]1CCCN1C. The second-order valence-corrected chi connectivity index (χ2v) is 15.2. The van der Waals surface area contributed by atoms with E-state index < -0.39 is 0 Å². The van der Waals surface area contributed by atoms with Gasteiger partial charge in [0, 0.05) is 49.1 Å². The molecule has 0 aliphatic carbocycles. The molecule has 2 fully saturated rings. The van der Waals surface area contributed by atoms with Gasteiger partial charge in [0.2, 0.25) is 0 Å². The van der Waals surface area contributed by atoms with Gasteiger partial charge in [0.15, 0.2) is 0 Å². The summed E-state index contributed by atoms with van der Waals surface area (Å²) in [6.45, 7) is 27.6. The molecule has 2 saturated heterocycles. The van der Waals surface area contributed by atoms with E-state index in [9.17, 15) is 0 Å². The summed E-state index contributed by atoms with van der Waals surface area (Å²) in [4.78, 5) is 14.0. The highest BCUT2D eigenvalue weighted by molar-refractivity contribution is 5.15. The van der Waals surface area contributed by atoms with Crippen LogP contribution in [0.5, 0.6) is 0 Å². The van der Waals surface area contributed by atoms with E-state index in [1.807, 2.05) is 14.1 Å². The minimum atomic E-state index is 0.00424. The number of rotatable bonds is 8. The molecule has 2 rings (SSSR count). The fourth-order valence-corrected chi connectivity index (χ4v) is 4.35.